The van der Waals surface area contributed by atoms with Crippen molar-refractivity contribution in [2.75, 3.05) is 16.8 Å². The first kappa shape index (κ1) is 17.5. The van der Waals surface area contributed by atoms with Gasteiger partial charge < -0.3 is 5.32 Å². The van der Waals surface area contributed by atoms with E-state index in [0.717, 1.165) is 17.1 Å². The van der Waals surface area contributed by atoms with E-state index in [2.05, 4.69) is 10.4 Å². The first-order valence-electron chi connectivity index (χ1n) is 7.61. The van der Waals surface area contributed by atoms with Crippen LogP contribution in [-0.2, 0) is 19.4 Å². The third-order valence-corrected chi connectivity index (χ3v) is 5.75. The number of anilines is 1. The minimum absolute atomic E-state index is 0.00793. The topological polar surface area (TPSA) is 95.9 Å². The summed E-state index contributed by atoms with van der Waals surface area (Å²) in [5.74, 6) is -2.94. The van der Waals surface area contributed by atoms with Crippen LogP contribution in [0.2, 0.25) is 0 Å². The van der Waals surface area contributed by atoms with E-state index >= 15 is 0 Å². The zero-order valence-electron chi connectivity index (χ0n) is 13.0. The molecule has 0 aliphatic carbocycles. The zero-order chi connectivity index (χ0) is 18.2. The van der Waals surface area contributed by atoms with Crippen molar-refractivity contribution >= 4 is 33.1 Å². The SMILES string of the molecule is O=C(Nc1cc(F)cc(F)c1)C1=NN([C@@H]2CCS(=O)(=O)C2)C(=O)CC1. The average Bonchev–Trinajstić information content (AvgIpc) is 2.86. The molecule has 0 aromatic heterocycles. The van der Waals surface area contributed by atoms with Gasteiger partial charge in [-0.15, -0.1) is 0 Å². The van der Waals surface area contributed by atoms with E-state index in [1.54, 1.807) is 0 Å². The largest absolute Gasteiger partial charge is 0.321 e. The second-order valence-corrected chi connectivity index (χ2v) is 8.18. The fourth-order valence-corrected chi connectivity index (χ4v) is 4.51. The number of hydrogen-bond donors (Lipinski definition) is 1. The van der Waals surface area contributed by atoms with E-state index in [0.29, 0.717) is 6.07 Å². The van der Waals surface area contributed by atoms with Crippen LogP contribution in [0.4, 0.5) is 14.5 Å². The van der Waals surface area contributed by atoms with E-state index in [9.17, 15) is 26.8 Å². The highest BCUT2D eigenvalue weighted by atomic mass is 32.2. The molecule has 0 spiro atoms. The molecule has 25 heavy (non-hydrogen) atoms. The summed E-state index contributed by atoms with van der Waals surface area (Å²) in [6.45, 7) is 0. The first-order chi connectivity index (χ1) is 11.7. The Hall–Kier alpha value is -2.36. The van der Waals surface area contributed by atoms with E-state index in [-0.39, 0.29) is 48.1 Å². The van der Waals surface area contributed by atoms with Gasteiger partial charge in [-0.3, -0.25) is 9.59 Å². The standard InChI is InChI=1S/C15H15F2N3O4S/c16-9-5-10(17)7-11(6-9)18-15(22)13-1-2-14(21)20(19-13)12-3-4-25(23,24)8-12/h5-7,12H,1-4,8H2,(H,18,22)/t12-/m1/s1. The quantitative estimate of drug-likeness (QED) is 0.860. The summed E-state index contributed by atoms with van der Waals surface area (Å²) in [6.07, 6.45) is 0.348. The zero-order valence-corrected chi connectivity index (χ0v) is 13.9. The van der Waals surface area contributed by atoms with Crippen LogP contribution in [0.5, 0.6) is 0 Å². The van der Waals surface area contributed by atoms with Crippen LogP contribution >= 0.6 is 0 Å². The van der Waals surface area contributed by atoms with Crippen LogP contribution < -0.4 is 5.32 Å². The van der Waals surface area contributed by atoms with Gasteiger partial charge in [-0.25, -0.2) is 22.2 Å². The van der Waals surface area contributed by atoms with Gasteiger partial charge in [-0.1, -0.05) is 0 Å². The fourth-order valence-electron chi connectivity index (χ4n) is 2.82. The molecule has 0 bridgehead atoms. The molecule has 1 fully saturated rings. The Kier molecular flexibility index (Phi) is 4.55. The van der Waals surface area contributed by atoms with Crippen molar-refractivity contribution < 1.29 is 26.8 Å². The van der Waals surface area contributed by atoms with Crippen LogP contribution in [0, 0.1) is 11.6 Å². The lowest BCUT2D eigenvalue weighted by atomic mass is 10.1. The molecule has 1 aromatic rings. The Balaban J connectivity index is 1.77. The van der Waals surface area contributed by atoms with Gasteiger partial charge in [0.15, 0.2) is 9.84 Å². The van der Waals surface area contributed by atoms with Gasteiger partial charge in [-0.05, 0) is 18.6 Å². The number of nitrogens with one attached hydrogen (secondary N) is 1. The second-order valence-electron chi connectivity index (χ2n) is 5.95. The summed E-state index contributed by atoms with van der Waals surface area (Å²) in [4.78, 5) is 24.2. The molecule has 2 aliphatic rings. The average molecular weight is 371 g/mol. The predicted octanol–water partition coefficient (Wildman–Crippen LogP) is 1.07. The second kappa shape index (κ2) is 6.51. The molecular formula is C15H15F2N3O4S. The molecule has 10 heteroatoms. The summed E-state index contributed by atoms with van der Waals surface area (Å²) < 4.78 is 49.5. The predicted molar refractivity (Wildman–Crippen MR) is 85.6 cm³/mol. The van der Waals surface area contributed by atoms with Gasteiger partial charge in [0.2, 0.25) is 5.91 Å². The van der Waals surface area contributed by atoms with Crippen LogP contribution in [0.3, 0.4) is 0 Å². The van der Waals surface area contributed by atoms with Crippen molar-refractivity contribution in [2.45, 2.75) is 25.3 Å². The number of carbonyl (C=O) groups excluding carboxylic acids is 2. The molecule has 2 heterocycles. The number of rotatable bonds is 3. The van der Waals surface area contributed by atoms with Crippen LogP contribution in [0.15, 0.2) is 23.3 Å². The summed E-state index contributed by atoms with van der Waals surface area (Å²) in [5, 5.41) is 7.37. The highest BCUT2D eigenvalue weighted by molar-refractivity contribution is 7.91. The maximum atomic E-state index is 13.2. The highest BCUT2D eigenvalue weighted by Crippen LogP contribution is 2.22. The molecule has 2 amide bonds. The molecule has 0 unspecified atom stereocenters. The lowest BCUT2D eigenvalue weighted by molar-refractivity contribution is -0.133. The maximum Gasteiger partial charge on any atom is 0.271 e. The van der Waals surface area contributed by atoms with Crippen LogP contribution in [0.1, 0.15) is 19.3 Å². The lowest BCUT2D eigenvalue weighted by Gasteiger charge is -2.27. The van der Waals surface area contributed by atoms with Gasteiger partial charge >= 0.3 is 0 Å². The molecule has 3 rings (SSSR count). The molecule has 134 valence electrons. The minimum atomic E-state index is -3.21. The number of hydrazone groups is 1. The van der Waals surface area contributed by atoms with E-state index < -0.39 is 33.4 Å². The van der Waals surface area contributed by atoms with Crippen LogP contribution in [-0.4, -0.2) is 48.5 Å². The molecular weight excluding hydrogens is 356 g/mol. The third kappa shape index (κ3) is 4.01. The minimum Gasteiger partial charge on any atom is -0.321 e. The van der Waals surface area contributed by atoms with Crippen molar-refractivity contribution in [1.82, 2.24) is 5.01 Å². The normalized spacial score (nSPS) is 22.6. The Morgan fingerprint density at radius 3 is 2.48 bits per heavy atom. The van der Waals surface area contributed by atoms with Crippen molar-refractivity contribution in [3.05, 3.63) is 29.8 Å². The van der Waals surface area contributed by atoms with Crippen molar-refractivity contribution in [2.24, 2.45) is 5.10 Å². The Morgan fingerprint density at radius 2 is 1.88 bits per heavy atom. The first-order valence-corrected chi connectivity index (χ1v) is 9.43. The molecule has 1 saturated heterocycles. The molecule has 1 atom stereocenters. The smallest absolute Gasteiger partial charge is 0.271 e. The van der Waals surface area contributed by atoms with Gasteiger partial charge in [0, 0.05) is 24.6 Å². The summed E-state index contributed by atoms with van der Waals surface area (Å²) in [6, 6.07) is 2.00. The van der Waals surface area contributed by atoms with Gasteiger partial charge in [-0.2, -0.15) is 5.10 Å². The Morgan fingerprint density at radius 1 is 1.20 bits per heavy atom. The van der Waals surface area contributed by atoms with E-state index in [1.807, 2.05) is 0 Å². The molecule has 1 aromatic carbocycles. The Bertz CT molecular complexity index is 849. The number of sulfone groups is 1. The molecule has 7 nitrogen and oxygen atoms in total. The van der Waals surface area contributed by atoms with Gasteiger partial charge in [0.05, 0.1) is 17.5 Å². The molecule has 1 N–H and O–H groups in total. The molecule has 0 saturated carbocycles. The number of amides is 2. The lowest BCUT2D eigenvalue weighted by Crippen LogP contribution is -2.42. The summed E-state index contributed by atoms with van der Waals surface area (Å²) >= 11 is 0. The van der Waals surface area contributed by atoms with Crippen molar-refractivity contribution in [1.29, 1.82) is 0 Å². The summed E-state index contributed by atoms with van der Waals surface area (Å²) in [7, 11) is -3.21. The fraction of sp³-hybridized carbons (Fsp3) is 0.400. The highest BCUT2D eigenvalue weighted by Gasteiger charge is 2.37. The van der Waals surface area contributed by atoms with Gasteiger partial charge in [0.25, 0.3) is 5.91 Å². The monoisotopic (exact) mass is 371 g/mol. The van der Waals surface area contributed by atoms with Crippen molar-refractivity contribution in [3.8, 4) is 0 Å². The number of carbonyl (C=O) groups is 2. The summed E-state index contributed by atoms with van der Waals surface area (Å²) in [5.41, 5.74) is -0.0642. The number of nitrogens with zero attached hydrogens (tertiary/aromatic N) is 2. The van der Waals surface area contributed by atoms with E-state index in [1.165, 1.54) is 0 Å². The third-order valence-electron chi connectivity index (χ3n) is 4.00. The molecule has 2 aliphatic heterocycles. The van der Waals surface area contributed by atoms with Gasteiger partial charge in [0.1, 0.15) is 17.3 Å². The van der Waals surface area contributed by atoms with E-state index in [4.69, 9.17) is 0 Å². The molecule has 0 radical (unpaired) electrons. The maximum absolute atomic E-state index is 13.2. The Labute approximate surface area is 142 Å². The van der Waals surface area contributed by atoms with Crippen molar-refractivity contribution in [3.63, 3.8) is 0 Å². The number of hydrogen-bond acceptors (Lipinski definition) is 5. The number of halogens is 2. The number of benzene rings is 1. The van der Waals surface area contributed by atoms with Crippen LogP contribution in [0.25, 0.3) is 0 Å².